The molecule has 0 amide bonds. The number of aliphatic carboxylic acids is 1. The fraction of sp³-hybridized carbons (Fsp3) is 0.367. The molecule has 5 rings (SSSR count). The maximum atomic E-state index is 12.2. The number of rotatable bonds is 6. The molecule has 1 aliphatic rings. The quantitative estimate of drug-likeness (QED) is 0.232. The Hall–Kier alpha value is -4.48. The topological polar surface area (TPSA) is 136 Å². The third kappa shape index (κ3) is 5.65. The number of aldehydes is 1. The molecule has 42 heavy (non-hydrogen) atoms. The molecular weight excluding hydrogens is 549 g/mol. The molecule has 222 valence electrons. The molecule has 0 bridgehead atoms. The molecule has 3 heterocycles. The van der Waals surface area contributed by atoms with Crippen molar-refractivity contribution in [3.8, 4) is 11.3 Å². The summed E-state index contributed by atoms with van der Waals surface area (Å²) >= 11 is 0. The number of anilines is 2. The summed E-state index contributed by atoms with van der Waals surface area (Å²) in [7, 11) is 1.52. The highest BCUT2D eigenvalue weighted by molar-refractivity contribution is 5.86. The number of pyridine rings is 1. The van der Waals surface area contributed by atoms with Crippen molar-refractivity contribution in [3.63, 3.8) is 0 Å². The van der Waals surface area contributed by atoms with E-state index in [1.165, 1.54) is 7.05 Å². The largest absolute Gasteiger partial charge is 0.481 e. The maximum absolute atomic E-state index is 12.2. The number of hydrogen-bond acceptors (Lipinski definition) is 7. The van der Waals surface area contributed by atoms with Crippen molar-refractivity contribution in [1.29, 1.82) is 0 Å². The van der Waals surface area contributed by atoms with Crippen LogP contribution < -0.4 is 11.1 Å². The summed E-state index contributed by atoms with van der Waals surface area (Å²) in [6.07, 6.45) is 2.93. The van der Waals surface area contributed by atoms with Crippen molar-refractivity contribution in [1.82, 2.24) is 19.4 Å². The lowest BCUT2D eigenvalue weighted by Gasteiger charge is -2.31. The number of carboxylic acid groups (broad SMARTS) is 1. The van der Waals surface area contributed by atoms with Crippen molar-refractivity contribution >= 4 is 29.4 Å². The van der Waals surface area contributed by atoms with Crippen molar-refractivity contribution in [2.24, 2.45) is 11.3 Å². The number of carbonyl (C=O) groups is 2. The van der Waals surface area contributed by atoms with Gasteiger partial charge in [0.15, 0.2) is 0 Å². The third-order valence-electron chi connectivity index (χ3n) is 8.15. The summed E-state index contributed by atoms with van der Waals surface area (Å²) in [6.45, 7) is 6.04. The first kappa shape index (κ1) is 30.5. The summed E-state index contributed by atoms with van der Waals surface area (Å²) < 4.78 is 38.1. The molecule has 3 aromatic heterocycles. The average Bonchev–Trinajstić information content (AvgIpc) is 3.54. The van der Waals surface area contributed by atoms with E-state index in [1.807, 2.05) is 36.6 Å². The molecule has 4 aromatic rings. The Labute approximate surface area is 241 Å². The van der Waals surface area contributed by atoms with Crippen LogP contribution in [0.25, 0.3) is 16.8 Å². The highest BCUT2D eigenvalue weighted by atomic mass is 19.4. The highest BCUT2D eigenvalue weighted by Gasteiger charge is 2.54. The zero-order chi connectivity index (χ0) is 30.9. The molecule has 0 spiro atoms. The van der Waals surface area contributed by atoms with E-state index in [-0.39, 0.29) is 11.7 Å². The first-order chi connectivity index (χ1) is 19.8. The predicted octanol–water partition coefficient (Wildman–Crippen LogP) is 6.10. The second kappa shape index (κ2) is 11.4. The smallest absolute Gasteiger partial charge is 0.416 e. The number of alkyl halides is 3. The van der Waals surface area contributed by atoms with Gasteiger partial charge in [-0.1, -0.05) is 45.0 Å². The Morgan fingerprint density at radius 2 is 1.83 bits per heavy atom. The number of nitrogens with zero attached hydrogens (tertiary/aromatic N) is 4. The average molecular weight is 583 g/mol. The molecule has 0 saturated heterocycles. The first-order valence-corrected chi connectivity index (χ1v) is 13.4. The van der Waals surface area contributed by atoms with Crippen molar-refractivity contribution in [2.75, 3.05) is 18.1 Å². The minimum absolute atomic E-state index is 0.0187. The van der Waals surface area contributed by atoms with Crippen LogP contribution in [0.1, 0.15) is 61.8 Å². The number of hydrogen-bond donors (Lipinski definition) is 3. The molecule has 2 atom stereocenters. The number of halogens is 3. The Kier molecular flexibility index (Phi) is 8.29. The van der Waals surface area contributed by atoms with E-state index in [1.54, 1.807) is 18.3 Å². The second-order valence-electron chi connectivity index (χ2n) is 11.1. The number of fused-ring (bicyclic) bond motifs is 1. The van der Waals surface area contributed by atoms with Crippen LogP contribution in [0.2, 0.25) is 0 Å². The number of aromatic nitrogens is 4. The summed E-state index contributed by atoms with van der Waals surface area (Å²) in [5, 5.41) is 12.5. The zero-order valence-electron chi connectivity index (χ0n) is 23.7. The van der Waals surface area contributed by atoms with Gasteiger partial charge in [-0.25, -0.2) is 15.0 Å². The summed E-state index contributed by atoms with van der Waals surface area (Å²) in [6, 6.07) is 9.06. The number of nitrogens with two attached hydrogens (primary N) is 1. The van der Waals surface area contributed by atoms with Crippen LogP contribution in [0.4, 0.5) is 24.8 Å². The fourth-order valence-electron chi connectivity index (χ4n) is 5.64. The summed E-state index contributed by atoms with van der Waals surface area (Å²) in [5.41, 5.74) is 7.15. The van der Waals surface area contributed by atoms with Gasteiger partial charge in [-0.3, -0.25) is 14.0 Å². The number of benzene rings is 1. The molecule has 1 saturated carbocycles. The van der Waals surface area contributed by atoms with E-state index in [0.29, 0.717) is 35.4 Å². The van der Waals surface area contributed by atoms with Crippen molar-refractivity contribution in [3.05, 3.63) is 71.9 Å². The Morgan fingerprint density at radius 3 is 2.38 bits per heavy atom. The Morgan fingerprint density at radius 1 is 1.14 bits per heavy atom. The number of imidazole rings is 1. The molecule has 12 heteroatoms. The van der Waals surface area contributed by atoms with Gasteiger partial charge in [0, 0.05) is 42.2 Å². The van der Waals surface area contributed by atoms with Crippen LogP contribution in [0, 0.1) is 11.3 Å². The lowest BCUT2D eigenvalue weighted by Crippen LogP contribution is -2.36. The van der Waals surface area contributed by atoms with Crippen LogP contribution >= 0.6 is 0 Å². The van der Waals surface area contributed by atoms with E-state index < -0.39 is 28.5 Å². The van der Waals surface area contributed by atoms with Crippen molar-refractivity contribution in [2.45, 2.75) is 51.6 Å². The predicted molar refractivity (Wildman–Crippen MR) is 153 cm³/mol. The molecule has 0 aliphatic heterocycles. The second-order valence-corrected chi connectivity index (χ2v) is 11.1. The highest BCUT2D eigenvalue weighted by Crippen LogP contribution is 2.54. The Bertz CT molecular complexity index is 1600. The maximum Gasteiger partial charge on any atom is 0.416 e. The van der Waals surface area contributed by atoms with Gasteiger partial charge < -0.3 is 16.2 Å². The van der Waals surface area contributed by atoms with Gasteiger partial charge >= 0.3 is 12.1 Å². The van der Waals surface area contributed by atoms with E-state index in [4.69, 9.17) is 10.7 Å². The van der Waals surface area contributed by atoms with Gasteiger partial charge in [0.25, 0.3) is 0 Å². The molecule has 1 aliphatic carbocycles. The number of carboxylic acids is 1. The SMILES string of the molecule is CC(C)C1(C(=O)O)CCC(C)(c2nc(-c3ccc(C=O)cc3)c3c(N)nccn23)C1.CNc1cc(C(F)(F)F)ccn1. The normalized spacial score (nSPS) is 20.3. The first-order valence-electron chi connectivity index (χ1n) is 13.4. The van der Waals surface area contributed by atoms with E-state index in [9.17, 15) is 27.9 Å². The molecular formula is C30H33F3N6O3. The van der Waals surface area contributed by atoms with Gasteiger partial charge in [0.05, 0.1) is 11.0 Å². The van der Waals surface area contributed by atoms with Crippen molar-refractivity contribution < 1.29 is 27.9 Å². The van der Waals surface area contributed by atoms with Gasteiger partial charge in [-0.05, 0) is 37.3 Å². The van der Waals surface area contributed by atoms with E-state index in [2.05, 4.69) is 22.2 Å². The van der Waals surface area contributed by atoms with Crippen LogP contribution in [-0.4, -0.2) is 43.8 Å². The lowest BCUT2D eigenvalue weighted by molar-refractivity contribution is -0.151. The minimum atomic E-state index is -4.30. The molecule has 4 N–H and O–H groups in total. The fourth-order valence-corrected chi connectivity index (χ4v) is 5.64. The van der Waals surface area contributed by atoms with Gasteiger partial charge in [-0.2, -0.15) is 13.2 Å². The molecule has 1 aromatic carbocycles. The number of nitrogens with one attached hydrogen (secondary N) is 1. The van der Waals surface area contributed by atoms with E-state index >= 15 is 0 Å². The van der Waals surface area contributed by atoms with Crippen LogP contribution in [0.5, 0.6) is 0 Å². The molecule has 0 radical (unpaired) electrons. The Balaban J connectivity index is 0.000000283. The van der Waals surface area contributed by atoms with Crippen LogP contribution in [-0.2, 0) is 16.4 Å². The number of carbonyl (C=O) groups excluding carboxylic acids is 1. The standard InChI is InChI=1S/C23H26N4O3.C7H7F3N2/c1-14(2)23(21(29)30)9-8-22(3,13-23)20-26-17(16-6-4-15(12-28)5-7-16)18-19(24)25-10-11-27(18)20;1-11-6-4-5(2-3-12-6)7(8,9)10/h4-7,10-12,14H,8-9,13H2,1-3H3,(H2,24,25)(H,29,30);2-4H,1H3,(H,11,12). The van der Waals surface area contributed by atoms with Gasteiger partial charge in [0.2, 0.25) is 0 Å². The lowest BCUT2D eigenvalue weighted by atomic mass is 9.73. The van der Waals surface area contributed by atoms with Gasteiger partial charge in [0.1, 0.15) is 35.0 Å². The molecule has 2 unspecified atom stereocenters. The minimum Gasteiger partial charge on any atom is -0.481 e. The van der Waals surface area contributed by atoms with Crippen LogP contribution in [0.15, 0.2) is 55.0 Å². The van der Waals surface area contributed by atoms with E-state index in [0.717, 1.165) is 42.4 Å². The third-order valence-corrected chi connectivity index (χ3v) is 8.15. The van der Waals surface area contributed by atoms with Gasteiger partial charge in [-0.15, -0.1) is 0 Å². The summed E-state index contributed by atoms with van der Waals surface area (Å²) in [5.74, 6) is 0.647. The molecule has 1 fully saturated rings. The number of nitrogen functional groups attached to an aromatic ring is 1. The summed E-state index contributed by atoms with van der Waals surface area (Å²) in [4.78, 5) is 36.1. The molecule has 9 nitrogen and oxygen atoms in total. The van der Waals surface area contributed by atoms with Crippen LogP contribution in [0.3, 0.4) is 0 Å². The zero-order valence-corrected chi connectivity index (χ0v) is 23.7. The monoisotopic (exact) mass is 582 g/mol.